The zero-order valence-electron chi connectivity index (χ0n) is 9.95. The summed E-state index contributed by atoms with van der Waals surface area (Å²) < 4.78 is 28.8. The van der Waals surface area contributed by atoms with Gasteiger partial charge in [0.15, 0.2) is 0 Å². The summed E-state index contributed by atoms with van der Waals surface area (Å²) in [5.41, 5.74) is 0.402. The van der Waals surface area contributed by atoms with Crippen LogP contribution in [0.15, 0.2) is 37.2 Å². The Bertz CT molecular complexity index is 576. The van der Waals surface area contributed by atoms with Gasteiger partial charge >= 0.3 is 0 Å². The van der Waals surface area contributed by atoms with Crippen molar-refractivity contribution in [1.82, 2.24) is 9.55 Å². The summed E-state index contributed by atoms with van der Waals surface area (Å²) in [6.45, 7) is 5.59. The van der Waals surface area contributed by atoms with Crippen LogP contribution in [0, 0.1) is 18.6 Å². The topological polar surface area (TPSA) is 29.9 Å². The Hall–Kier alpha value is -2.17. The summed E-state index contributed by atoms with van der Waals surface area (Å²) in [5.74, 6) is -0.500. The fraction of sp³-hybridized carbons (Fsp3) is 0.154. The molecule has 1 N–H and O–H groups in total. The normalized spacial score (nSPS) is 10.4. The van der Waals surface area contributed by atoms with Gasteiger partial charge in [-0.1, -0.05) is 6.08 Å². The Labute approximate surface area is 104 Å². The third-order valence-electron chi connectivity index (χ3n) is 2.53. The van der Waals surface area contributed by atoms with Crippen molar-refractivity contribution in [2.75, 3.05) is 11.9 Å². The molecule has 0 spiro atoms. The predicted octanol–water partition coefficient (Wildman–Crippen LogP) is 3.06. The van der Waals surface area contributed by atoms with Gasteiger partial charge in [-0.3, -0.25) is 4.57 Å². The highest BCUT2D eigenvalue weighted by atomic mass is 19.1. The lowest BCUT2D eigenvalue weighted by molar-refractivity contribution is 0.586. The van der Waals surface area contributed by atoms with Gasteiger partial charge in [-0.05, 0) is 18.6 Å². The first kappa shape index (κ1) is 12.3. The van der Waals surface area contributed by atoms with Gasteiger partial charge in [0.2, 0.25) is 5.95 Å². The highest BCUT2D eigenvalue weighted by molar-refractivity contribution is 5.44. The molecule has 2 rings (SSSR count). The van der Waals surface area contributed by atoms with Gasteiger partial charge < -0.3 is 5.32 Å². The molecule has 1 aromatic carbocycles. The Balaban J connectivity index is 2.45. The Kier molecular flexibility index (Phi) is 3.41. The van der Waals surface area contributed by atoms with Crippen LogP contribution in [0.3, 0.4) is 0 Å². The van der Waals surface area contributed by atoms with Crippen LogP contribution in [0.25, 0.3) is 5.69 Å². The first-order valence-electron chi connectivity index (χ1n) is 5.47. The minimum atomic E-state index is -0.492. The summed E-state index contributed by atoms with van der Waals surface area (Å²) in [5, 5.41) is 2.95. The molecular weight excluding hydrogens is 236 g/mol. The van der Waals surface area contributed by atoms with Gasteiger partial charge in [-0.2, -0.15) is 0 Å². The number of aryl methyl sites for hydroxylation is 1. The van der Waals surface area contributed by atoms with Crippen LogP contribution < -0.4 is 5.32 Å². The number of nitrogens with one attached hydrogen (secondary N) is 1. The van der Waals surface area contributed by atoms with Gasteiger partial charge in [0.1, 0.15) is 11.6 Å². The maximum absolute atomic E-state index is 13.8. The first-order chi connectivity index (χ1) is 8.63. The molecule has 0 fully saturated rings. The van der Waals surface area contributed by atoms with E-state index in [9.17, 15) is 8.78 Å². The van der Waals surface area contributed by atoms with E-state index in [1.807, 2.05) is 0 Å². The summed E-state index contributed by atoms with van der Waals surface area (Å²) in [6.07, 6.45) is 4.74. The number of hydrogen-bond acceptors (Lipinski definition) is 2. The molecule has 2 aromatic rings. The van der Waals surface area contributed by atoms with Crippen LogP contribution in [0.4, 0.5) is 14.7 Å². The van der Waals surface area contributed by atoms with E-state index in [-0.39, 0.29) is 11.3 Å². The van der Waals surface area contributed by atoms with Crippen LogP contribution in [-0.2, 0) is 0 Å². The van der Waals surface area contributed by atoms with E-state index in [1.165, 1.54) is 23.8 Å². The maximum atomic E-state index is 13.8. The monoisotopic (exact) mass is 249 g/mol. The second-order valence-corrected chi connectivity index (χ2v) is 3.84. The van der Waals surface area contributed by atoms with Gasteiger partial charge in [0, 0.05) is 25.0 Å². The molecule has 18 heavy (non-hydrogen) atoms. The SMILES string of the molecule is C=CCNc1nccn1-c1cc(F)c(C)cc1F. The van der Waals surface area contributed by atoms with Crippen LogP contribution in [0.2, 0.25) is 0 Å². The summed E-state index contributed by atoms with van der Waals surface area (Å²) >= 11 is 0. The second-order valence-electron chi connectivity index (χ2n) is 3.84. The van der Waals surface area contributed by atoms with Crippen molar-refractivity contribution in [3.05, 3.63) is 54.4 Å². The highest BCUT2D eigenvalue weighted by Crippen LogP contribution is 2.21. The molecule has 0 bridgehead atoms. The van der Waals surface area contributed by atoms with Gasteiger partial charge in [-0.15, -0.1) is 6.58 Å². The highest BCUT2D eigenvalue weighted by Gasteiger charge is 2.12. The van der Waals surface area contributed by atoms with E-state index in [0.717, 1.165) is 6.07 Å². The van der Waals surface area contributed by atoms with Crippen molar-refractivity contribution in [3.63, 3.8) is 0 Å². The summed E-state index contributed by atoms with van der Waals surface area (Å²) in [6, 6.07) is 2.33. The molecule has 0 atom stereocenters. The van der Waals surface area contributed by atoms with Gasteiger partial charge in [0.05, 0.1) is 5.69 Å². The summed E-state index contributed by atoms with van der Waals surface area (Å²) in [7, 11) is 0. The molecular formula is C13H13F2N3. The fourth-order valence-electron chi connectivity index (χ4n) is 1.61. The van der Waals surface area contributed by atoms with E-state index in [4.69, 9.17) is 0 Å². The number of aromatic nitrogens is 2. The summed E-state index contributed by atoms with van der Waals surface area (Å²) in [4.78, 5) is 4.04. The van der Waals surface area contributed by atoms with Crippen molar-refractivity contribution in [1.29, 1.82) is 0 Å². The van der Waals surface area contributed by atoms with Gasteiger partial charge in [-0.25, -0.2) is 13.8 Å². The third kappa shape index (κ3) is 2.25. The van der Waals surface area contributed by atoms with E-state index in [2.05, 4.69) is 16.9 Å². The molecule has 1 heterocycles. The number of hydrogen-bond donors (Lipinski definition) is 1. The maximum Gasteiger partial charge on any atom is 0.207 e. The molecule has 0 saturated carbocycles. The molecule has 5 heteroatoms. The lowest BCUT2D eigenvalue weighted by Gasteiger charge is -2.10. The number of anilines is 1. The van der Waals surface area contributed by atoms with Crippen LogP contribution in [-0.4, -0.2) is 16.1 Å². The van der Waals surface area contributed by atoms with Crippen molar-refractivity contribution < 1.29 is 8.78 Å². The first-order valence-corrected chi connectivity index (χ1v) is 5.47. The third-order valence-corrected chi connectivity index (χ3v) is 2.53. The van der Waals surface area contributed by atoms with Crippen molar-refractivity contribution in [2.45, 2.75) is 6.92 Å². The molecule has 3 nitrogen and oxygen atoms in total. The van der Waals surface area contributed by atoms with Crippen LogP contribution in [0.1, 0.15) is 5.56 Å². The molecule has 0 amide bonds. The van der Waals surface area contributed by atoms with Crippen molar-refractivity contribution in [2.24, 2.45) is 0 Å². The zero-order valence-corrected chi connectivity index (χ0v) is 9.95. The van der Waals surface area contributed by atoms with Crippen LogP contribution >= 0.6 is 0 Å². The quantitative estimate of drug-likeness (QED) is 0.844. The number of imidazole rings is 1. The molecule has 0 aliphatic carbocycles. The van der Waals surface area contributed by atoms with E-state index in [0.29, 0.717) is 12.5 Å². The molecule has 0 aliphatic heterocycles. The standard InChI is InChI=1S/C13H13F2N3/c1-3-4-16-13-17-5-6-18(13)12-8-10(14)9(2)7-11(12)15/h3,5-8H,1,4H2,2H3,(H,16,17). The Morgan fingerprint density at radius 3 is 2.89 bits per heavy atom. The minimum absolute atomic E-state index is 0.127. The zero-order chi connectivity index (χ0) is 13.1. The van der Waals surface area contributed by atoms with Crippen molar-refractivity contribution in [3.8, 4) is 5.69 Å². The fourth-order valence-corrected chi connectivity index (χ4v) is 1.61. The molecule has 94 valence electrons. The number of halogens is 2. The van der Waals surface area contributed by atoms with Gasteiger partial charge in [0.25, 0.3) is 0 Å². The van der Waals surface area contributed by atoms with E-state index in [1.54, 1.807) is 12.3 Å². The number of rotatable bonds is 4. The minimum Gasteiger partial charge on any atom is -0.352 e. The number of benzene rings is 1. The van der Waals surface area contributed by atoms with E-state index < -0.39 is 11.6 Å². The van der Waals surface area contributed by atoms with Crippen molar-refractivity contribution >= 4 is 5.95 Å². The largest absolute Gasteiger partial charge is 0.352 e. The second kappa shape index (κ2) is 5.00. The van der Waals surface area contributed by atoms with E-state index >= 15 is 0 Å². The Morgan fingerprint density at radius 1 is 1.39 bits per heavy atom. The number of nitrogens with zero attached hydrogens (tertiary/aromatic N) is 2. The molecule has 1 aromatic heterocycles. The predicted molar refractivity (Wildman–Crippen MR) is 66.9 cm³/mol. The average molecular weight is 249 g/mol. The van der Waals surface area contributed by atoms with Crippen LogP contribution in [0.5, 0.6) is 0 Å². The molecule has 0 unspecified atom stereocenters. The lowest BCUT2D eigenvalue weighted by atomic mass is 10.2. The lowest BCUT2D eigenvalue weighted by Crippen LogP contribution is -2.07. The molecule has 0 radical (unpaired) electrons. The molecule has 0 saturated heterocycles. The Morgan fingerprint density at radius 2 is 2.17 bits per heavy atom. The smallest absolute Gasteiger partial charge is 0.207 e. The molecule has 0 aliphatic rings. The average Bonchev–Trinajstić information content (AvgIpc) is 2.79.